The van der Waals surface area contributed by atoms with Gasteiger partial charge < -0.3 is 24.1 Å². The zero-order chi connectivity index (χ0) is 32.3. The summed E-state index contributed by atoms with van der Waals surface area (Å²) in [6.45, 7) is 3.16. The van der Waals surface area contributed by atoms with Crippen molar-refractivity contribution in [3.05, 3.63) is 179 Å². The smallest absolute Gasteiger partial charge is 0.143 e. The maximum Gasteiger partial charge on any atom is 0.143 e. The number of benzene rings is 5. The van der Waals surface area contributed by atoms with Crippen LogP contribution in [-0.2, 0) is 37.8 Å². The lowest BCUT2D eigenvalue weighted by molar-refractivity contribution is -0.100. The van der Waals surface area contributed by atoms with Crippen LogP contribution in [0.2, 0.25) is 0 Å². The minimum absolute atomic E-state index is 0.356. The molecule has 5 heteroatoms. The van der Waals surface area contributed by atoms with Crippen molar-refractivity contribution in [2.24, 2.45) is 0 Å². The largest absolute Gasteiger partial charge is 0.390 e. The van der Waals surface area contributed by atoms with Gasteiger partial charge in [0.2, 0.25) is 0 Å². The number of hydrogen-bond donors (Lipinski definition) is 1. The van der Waals surface area contributed by atoms with Gasteiger partial charge in [0.15, 0.2) is 0 Å². The predicted molar refractivity (Wildman–Crippen MR) is 185 cm³/mol. The highest BCUT2D eigenvalue weighted by Crippen LogP contribution is 2.41. The molecule has 0 aliphatic carbocycles. The average molecular weight is 629 g/mol. The van der Waals surface area contributed by atoms with Crippen LogP contribution >= 0.6 is 0 Å². The van der Waals surface area contributed by atoms with Gasteiger partial charge in [-0.15, -0.1) is 0 Å². The van der Waals surface area contributed by atoms with Crippen molar-refractivity contribution in [3.63, 3.8) is 0 Å². The number of aliphatic hydroxyl groups is 1. The summed E-state index contributed by atoms with van der Waals surface area (Å²) in [5.74, 6) is 0. The van der Waals surface area contributed by atoms with E-state index in [0.29, 0.717) is 32.7 Å². The number of aliphatic hydroxyl groups excluding tert-OH is 1. The highest BCUT2D eigenvalue weighted by atomic mass is 16.6. The Hall–Kier alpha value is -4.10. The summed E-state index contributed by atoms with van der Waals surface area (Å²) in [5, 5.41) is 11.2. The van der Waals surface area contributed by atoms with Gasteiger partial charge in [0.1, 0.15) is 23.9 Å². The van der Waals surface area contributed by atoms with Gasteiger partial charge >= 0.3 is 0 Å². The summed E-state index contributed by atoms with van der Waals surface area (Å²) in [4.78, 5) is 0. The monoisotopic (exact) mass is 628 g/mol. The minimum atomic E-state index is -0.839. The van der Waals surface area contributed by atoms with Crippen molar-refractivity contribution in [2.45, 2.75) is 69.1 Å². The Kier molecular flexibility index (Phi) is 11.3. The van der Waals surface area contributed by atoms with Gasteiger partial charge in [-0.05, 0) is 40.7 Å². The molecule has 242 valence electrons. The number of hydrogen-bond acceptors (Lipinski definition) is 5. The van der Waals surface area contributed by atoms with Gasteiger partial charge in [0.25, 0.3) is 0 Å². The SMILES string of the molecule is CC[C@H](O)[C@H]1O[C@@H](CCOC(c2ccccc2)(c2ccccc2)c2ccccc2)[C@H](OCc2ccccc2)[C@H]1OCc1ccccc1. The molecule has 47 heavy (non-hydrogen) atoms. The Balaban J connectivity index is 1.29. The molecule has 0 spiro atoms. The first-order chi connectivity index (χ1) is 23.2. The minimum Gasteiger partial charge on any atom is -0.390 e. The molecular weight excluding hydrogens is 584 g/mol. The topological polar surface area (TPSA) is 57.2 Å². The fraction of sp³-hybridized carbons (Fsp3) is 0.286. The Morgan fingerprint density at radius 3 is 1.43 bits per heavy atom. The van der Waals surface area contributed by atoms with Crippen LogP contribution in [0.1, 0.15) is 47.6 Å². The van der Waals surface area contributed by atoms with E-state index in [0.717, 1.165) is 27.8 Å². The fourth-order valence-electron chi connectivity index (χ4n) is 6.55. The standard InChI is InChI=1S/C42H44O5/c1-2-37(43)39-41(45-31-33-20-10-4-11-21-33)40(44-30-32-18-8-3-9-19-32)38(47-39)28-29-46-42(34-22-12-5-13-23-34,35-24-14-6-15-25-35)36-26-16-7-17-27-36/h3-27,37-41,43H,2,28-31H2,1H3/t37-,38-,39+,40-,41-/m0/s1. The van der Waals surface area contributed by atoms with Gasteiger partial charge in [-0.2, -0.15) is 0 Å². The summed E-state index contributed by atoms with van der Waals surface area (Å²) < 4.78 is 27.0. The molecule has 5 aromatic rings. The first-order valence-corrected chi connectivity index (χ1v) is 16.6. The normalized spacial score (nSPS) is 20.2. The molecule has 0 unspecified atom stereocenters. The van der Waals surface area contributed by atoms with E-state index in [-0.39, 0.29) is 6.10 Å². The van der Waals surface area contributed by atoms with Crippen LogP contribution in [0.3, 0.4) is 0 Å². The first kappa shape index (κ1) is 32.8. The van der Waals surface area contributed by atoms with Crippen LogP contribution in [0, 0.1) is 0 Å². The van der Waals surface area contributed by atoms with Gasteiger partial charge in [-0.25, -0.2) is 0 Å². The van der Waals surface area contributed by atoms with Gasteiger partial charge in [0.05, 0.1) is 32.0 Å². The van der Waals surface area contributed by atoms with Crippen LogP contribution in [0.4, 0.5) is 0 Å². The van der Waals surface area contributed by atoms with E-state index >= 15 is 0 Å². The third kappa shape index (κ3) is 7.73. The molecule has 1 heterocycles. The molecule has 5 atom stereocenters. The molecule has 0 radical (unpaired) electrons. The number of ether oxygens (including phenoxy) is 4. The van der Waals surface area contributed by atoms with E-state index in [4.69, 9.17) is 18.9 Å². The molecule has 0 saturated carbocycles. The second-order valence-electron chi connectivity index (χ2n) is 12.1. The van der Waals surface area contributed by atoms with Crippen molar-refractivity contribution in [1.82, 2.24) is 0 Å². The molecule has 0 bridgehead atoms. The van der Waals surface area contributed by atoms with Crippen molar-refractivity contribution in [1.29, 1.82) is 0 Å². The average Bonchev–Trinajstić information content (AvgIpc) is 3.50. The summed E-state index contributed by atoms with van der Waals surface area (Å²) in [7, 11) is 0. The molecule has 5 aromatic carbocycles. The fourth-order valence-corrected chi connectivity index (χ4v) is 6.55. The summed E-state index contributed by atoms with van der Waals surface area (Å²) >= 11 is 0. The Morgan fingerprint density at radius 1 is 0.596 bits per heavy atom. The van der Waals surface area contributed by atoms with Gasteiger partial charge in [0, 0.05) is 0 Å². The second-order valence-corrected chi connectivity index (χ2v) is 12.1. The molecule has 1 N–H and O–H groups in total. The van der Waals surface area contributed by atoms with Crippen molar-refractivity contribution >= 4 is 0 Å². The van der Waals surface area contributed by atoms with E-state index in [1.54, 1.807) is 0 Å². The van der Waals surface area contributed by atoms with E-state index < -0.39 is 30.0 Å². The predicted octanol–water partition coefficient (Wildman–Crippen LogP) is 8.09. The zero-order valence-electron chi connectivity index (χ0n) is 26.9. The lowest BCUT2D eigenvalue weighted by atomic mass is 9.80. The van der Waals surface area contributed by atoms with Crippen molar-refractivity contribution in [2.75, 3.05) is 6.61 Å². The maximum atomic E-state index is 11.2. The van der Waals surface area contributed by atoms with Crippen molar-refractivity contribution < 1.29 is 24.1 Å². The quantitative estimate of drug-likeness (QED) is 0.119. The Bertz CT molecular complexity index is 1500. The van der Waals surface area contributed by atoms with Gasteiger partial charge in [-0.3, -0.25) is 0 Å². The Morgan fingerprint density at radius 2 is 1.00 bits per heavy atom. The lowest BCUT2D eigenvalue weighted by Gasteiger charge is -2.36. The lowest BCUT2D eigenvalue weighted by Crippen LogP contribution is -2.42. The highest BCUT2D eigenvalue weighted by Gasteiger charge is 2.49. The molecule has 0 amide bonds. The van der Waals surface area contributed by atoms with Crippen LogP contribution in [-0.4, -0.2) is 42.2 Å². The van der Waals surface area contributed by atoms with Crippen LogP contribution < -0.4 is 0 Å². The highest BCUT2D eigenvalue weighted by molar-refractivity contribution is 5.47. The molecule has 6 rings (SSSR count). The van der Waals surface area contributed by atoms with Crippen molar-refractivity contribution in [3.8, 4) is 0 Å². The number of rotatable bonds is 15. The molecule has 0 aromatic heterocycles. The third-order valence-electron chi connectivity index (χ3n) is 8.98. The molecule has 1 saturated heterocycles. The maximum absolute atomic E-state index is 11.2. The van der Waals surface area contributed by atoms with E-state index in [1.807, 2.05) is 73.7 Å². The first-order valence-electron chi connectivity index (χ1n) is 16.6. The summed E-state index contributed by atoms with van der Waals surface area (Å²) in [6.07, 6.45) is -1.35. The van der Waals surface area contributed by atoms with Crippen LogP contribution in [0.15, 0.2) is 152 Å². The van der Waals surface area contributed by atoms with Gasteiger partial charge in [-0.1, -0.05) is 159 Å². The molecular formula is C42H44O5. The summed E-state index contributed by atoms with van der Waals surface area (Å²) in [5.41, 5.74) is 4.43. The zero-order valence-corrected chi connectivity index (χ0v) is 26.9. The second kappa shape index (κ2) is 16.1. The molecule has 1 aliphatic rings. The van der Waals surface area contributed by atoms with Crippen LogP contribution in [0.25, 0.3) is 0 Å². The molecule has 5 nitrogen and oxygen atoms in total. The Labute approximate surface area is 278 Å². The molecule has 1 aliphatic heterocycles. The van der Waals surface area contributed by atoms with E-state index in [1.165, 1.54) is 0 Å². The van der Waals surface area contributed by atoms with E-state index in [9.17, 15) is 5.11 Å². The molecule has 1 fully saturated rings. The summed E-state index contributed by atoms with van der Waals surface area (Å²) in [6, 6.07) is 51.4. The van der Waals surface area contributed by atoms with Crippen LogP contribution in [0.5, 0.6) is 0 Å². The third-order valence-corrected chi connectivity index (χ3v) is 8.98. The van der Waals surface area contributed by atoms with E-state index in [2.05, 4.69) is 84.9 Å².